The summed E-state index contributed by atoms with van der Waals surface area (Å²) in [6.45, 7) is 3.38. The number of carbonyl (C=O) groups excluding carboxylic acids is 2. The fourth-order valence-electron chi connectivity index (χ4n) is 0.357. The summed E-state index contributed by atoms with van der Waals surface area (Å²) in [5, 5.41) is 0. The van der Waals surface area contributed by atoms with Crippen molar-refractivity contribution >= 4 is 46.7 Å². The summed E-state index contributed by atoms with van der Waals surface area (Å²) < 4.78 is 1.94. The van der Waals surface area contributed by atoms with Crippen LogP contribution in [0.4, 0.5) is 0 Å². The first-order chi connectivity index (χ1) is 5.38. The number of halogens is 3. The fourth-order valence-corrected chi connectivity index (χ4v) is 0.472. The van der Waals surface area contributed by atoms with Crippen LogP contribution in [0.5, 0.6) is 0 Å². The molecule has 0 bridgehead atoms. The predicted molar refractivity (Wildman–Crippen MR) is 46.0 cm³/mol. The lowest BCUT2D eigenvalue weighted by atomic mass is 10.3. The van der Waals surface area contributed by atoms with Crippen molar-refractivity contribution in [1.29, 1.82) is 0 Å². The van der Waals surface area contributed by atoms with Crippen LogP contribution >= 0.6 is 34.8 Å². The maximum absolute atomic E-state index is 10.7. The number of esters is 2. The first kappa shape index (κ1) is 12.0. The number of rotatable bonds is 2. The van der Waals surface area contributed by atoms with E-state index in [1.165, 1.54) is 0 Å². The lowest BCUT2D eigenvalue weighted by Gasteiger charge is -2.07. The number of ether oxygens (including phenoxy) is 1. The molecule has 6 heteroatoms. The molecule has 0 aliphatic rings. The molecule has 0 saturated carbocycles. The molecule has 0 aliphatic heterocycles. The SMILES string of the molecule is [CH2]CCC(=O)OC(=O)C(Cl)(Cl)Cl. The van der Waals surface area contributed by atoms with Crippen molar-refractivity contribution in [2.75, 3.05) is 0 Å². The number of hydrogen-bond acceptors (Lipinski definition) is 3. The molecule has 0 aromatic rings. The summed E-state index contributed by atoms with van der Waals surface area (Å²) in [5.74, 6) is -1.94. The van der Waals surface area contributed by atoms with Gasteiger partial charge < -0.3 is 4.74 Å². The molecule has 0 N–H and O–H groups in total. The molecular formula is C6H6Cl3O3. The Morgan fingerprint density at radius 2 is 1.83 bits per heavy atom. The van der Waals surface area contributed by atoms with Crippen LogP contribution in [-0.4, -0.2) is 15.7 Å². The van der Waals surface area contributed by atoms with E-state index in [9.17, 15) is 9.59 Å². The summed E-state index contributed by atoms with van der Waals surface area (Å²) >= 11 is 15.3. The summed E-state index contributed by atoms with van der Waals surface area (Å²) in [5.41, 5.74) is 0. The van der Waals surface area contributed by atoms with E-state index in [4.69, 9.17) is 34.8 Å². The first-order valence-corrected chi connectivity index (χ1v) is 4.12. The van der Waals surface area contributed by atoms with E-state index in [0.717, 1.165) is 0 Å². The van der Waals surface area contributed by atoms with Crippen LogP contribution in [0.25, 0.3) is 0 Å². The lowest BCUT2D eigenvalue weighted by Crippen LogP contribution is -2.24. The number of hydrogen-bond donors (Lipinski definition) is 0. The second-order valence-corrected chi connectivity index (χ2v) is 4.14. The molecule has 0 aliphatic carbocycles. The molecule has 0 unspecified atom stereocenters. The van der Waals surface area contributed by atoms with Crippen LogP contribution in [0.3, 0.4) is 0 Å². The number of alkyl halides is 3. The molecular weight excluding hydrogens is 226 g/mol. The highest BCUT2D eigenvalue weighted by atomic mass is 35.6. The Hall–Kier alpha value is 0.01000. The first-order valence-electron chi connectivity index (χ1n) is 2.99. The van der Waals surface area contributed by atoms with Crippen molar-refractivity contribution in [3.05, 3.63) is 6.92 Å². The molecule has 3 nitrogen and oxygen atoms in total. The van der Waals surface area contributed by atoms with Gasteiger partial charge in [0, 0.05) is 6.42 Å². The van der Waals surface area contributed by atoms with Crippen molar-refractivity contribution in [3.63, 3.8) is 0 Å². The highest BCUT2D eigenvalue weighted by molar-refractivity contribution is 6.75. The minimum atomic E-state index is -2.20. The molecule has 0 spiro atoms. The van der Waals surface area contributed by atoms with Gasteiger partial charge in [-0.05, 0) is 6.42 Å². The molecule has 0 heterocycles. The van der Waals surface area contributed by atoms with Gasteiger partial charge in [-0.15, -0.1) is 0 Å². The maximum atomic E-state index is 10.7. The Kier molecular flexibility index (Phi) is 4.90. The lowest BCUT2D eigenvalue weighted by molar-refractivity contribution is -0.158. The van der Waals surface area contributed by atoms with Gasteiger partial charge in [0.25, 0.3) is 3.79 Å². The second-order valence-electron chi connectivity index (χ2n) is 1.86. The van der Waals surface area contributed by atoms with Gasteiger partial charge in [-0.1, -0.05) is 41.7 Å². The van der Waals surface area contributed by atoms with E-state index in [-0.39, 0.29) is 6.42 Å². The van der Waals surface area contributed by atoms with E-state index in [1.807, 2.05) is 0 Å². The van der Waals surface area contributed by atoms with Gasteiger partial charge in [-0.3, -0.25) is 4.79 Å². The molecule has 0 aromatic heterocycles. The standard InChI is InChI=1S/C6H6Cl3O3/c1-2-3-4(10)12-5(11)6(7,8)9/h1-3H2. The van der Waals surface area contributed by atoms with Crippen LogP contribution in [0.15, 0.2) is 0 Å². The summed E-state index contributed by atoms with van der Waals surface area (Å²) in [6.07, 6.45) is 0.346. The van der Waals surface area contributed by atoms with E-state index in [0.29, 0.717) is 6.42 Å². The van der Waals surface area contributed by atoms with Crippen LogP contribution in [0.1, 0.15) is 12.8 Å². The highest BCUT2D eigenvalue weighted by Gasteiger charge is 2.34. The molecule has 0 amide bonds. The van der Waals surface area contributed by atoms with Gasteiger partial charge >= 0.3 is 11.9 Å². The summed E-state index contributed by atoms with van der Waals surface area (Å²) in [7, 11) is 0. The predicted octanol–water partition coefficient (Wildman–Crippen LogP) is 2.04. The minimum absolute atomic E-state index is 0.0203. The van der Waals surface area contributed by atoms with Crippen LogP contribution < -0.4 is 0 Å². The smallest absolute Gasteiger partial charge is 0.366 e. The van der Waals surface area contributed by atoms with Gasteiger partial charge in [0.2, 0.25) is 0 Å². The van der Waals surface area contributed by atoms with Crippen molar-refractivity contribution in [2.24, 2.45) is 0 Å². The Morgan fingerprint density at radius 3 is 2.17 bits per heavy atom. The molecule has 1 radical (unpaired) electrons. The quantitative estimate of drug-likeness (QED) is 0.416. The molecule has 0 atom stereocenters. The van der Waals surface area contributed by atoms with Crippen molar-refractivity contribution in [2.45, 2.75) is 16.6 Å². The molecule has 0 fully saturated rings. The maximum Gasteiger partial charge on any atom is 0.366 e. The highest BCUT2D eigenvalue weighted by Crippen LogP contribution is 2.27. The zero-order valence-corrected chi connectivity index (χ0v) is 8.25. The summed E-state index contributed by atoms with van der Waals surface area (Å²) in [6, 6.07) is 0. The fraction of sp³-hybridized carbons (Fsp3) is 0.500. The third-order valence-electron chi connectivity index (χ3n) is 0.819. The Bertz CT molecular complexity index is 185. The Morgan fingerprint density at radius 1 is 1.33 bits per heavy atom. The van der Waals surface area contributed by atoms with Gasteiger partial charge in [-0.25, -0.2) is 4.79 Å². The second kappa shape index (κ2) is 4.90. The van der Waals surface area contributed by atoms with Crippen molar-refractivity contribution in [1.82, 2.24) is 0 Å². The summed E-state index contributed by atoms with van der Waals surface area (Å²) in [4.78, 5) is 21.3. The van der Waals surface area contributed by atoms with Gasteiger partial charge in [0.05, 0.1) is 0 Å². The van der Waals surface area contributed by atoms with E-state index < -0.39 is 15.7 Å². The monoisotopic (exact) mass is 231 g/mol. The largest absolute Gasteiger partial charge is 0.390 e. The normalized spacial score (nSPS) is 11.0. The molecule has 0 aromatic carbocycles. The average molecular weight is 232 g/mol. The third-order valence-corrected chi connectivity index (χ3v) is 1.28. The van der Waals surface area contributed by atoms with Crippen LogP contribution in [0.2, 0.25) is 0 Å². The molecule has 69 valence electrons. The zero-order valence-electron chi connectivity index (χ0n) is 5.98. The van der Waals surface area contributed by atoms with Crippen molar-refractivity contribution < 1.29 is 14.3 Å². The average Bonchev–Trinajstić information content (AvgIpc) is 1.85. The number of carbonyl (C=O) groups is 2. The Balaban J connectivity index is 3.94. The van der Waals surface area contributed by atoms with Crippen LogP contribution in [0, 0.1) is 6.92 Å². The van der Waals surface area contributed by atoms with Gasteiger partial charge in [0.15, 0.2) is 0 Å². The van der Waals surface area contributed by atoms with Gasteiger partial charge in [-0.2, -0.15) is 0 Å². The van der Waals surface area contributed by atoms with E-state index >= 15 is 0 Å². The Labute approximate surface area is 84.9 Å². The molecule has 0 saturated heterocycles. The molecule has 0 rings (SSSR count). The van der Waals surface area contributed by atoms with E-state index in [2.05, 4.69) is 11.7 Å². The third kappa shape index (κ3) is 4.80. The van der Waals surface area contributed by atoms with Crippen LogP contribution in [-0.2, 0) is 14.3 Å². The van der Waals surface area contributed by atoms with Crippen molar-refractivity contribution in [3.8, 4) is 0 Å². The van der Waals surface area contributed by atoms with E-state index in [1.54, 1.807) is 0 Å². The minimum Gasteiger partial charge on any atom is -0.390 e. The molecule has 12 heavy (non-hydrogen) atoms. The topological polar surface area (TPSA) is 43.4 Å². The van der Waals surface area contributed by atoms with Gasteiger partial charge in [0.1, 0.15) is 0 Å². The zero-order chi connectivity index (χ0) is 9.78.